The van der Waals surface area contributed by atoms with Gasteiger partial charge in [-0.1, -0.05) is 40.9 Å². The first-order valence-corrected chi connectivity index (χ1v) is 13.1. The molecule has 1 N–H and O–H groups in total. The van der Waals surface area contributed by atoms with E-state index in [9.17, 15) is 14.4 Å². The molecule has 3 amide bonds. The molecular formula is C28H27Cl2N3O5. The van der Waals surface area contributed by atoms with Crippen LogP contribution in [-0.4, -0.2) is 59.0 Å². The Bertz CT molecular complexity index is 1340. The van der Waals surface area contributed by atoms with Crippen LogP contribution in [0.25, 0.3) is 0 Å². The fourth-order valence-electron chi connectivity index (χ4n) is 4.98. The summed E-state index contributed by atoms with van der Waals surface area (Å²) in [4.78, 5) is 43.5. The summed E-state index contributed by atoms with van der Waals surface area (Å²) in [5, 5.41) is 3.54. The second-order valence-corrected chi connectivity index (χ2v) is 10.3. The lowest BCUT2D eigenvalue weighted by atomic mass is 9.96. The van der Waals surface area contributed by atoms with Gasteiger partial charge in [0.25, 0.3) is 11.8 Å². The third kappa shape index (κ3) is 5.16. The van der Waals surface area contributed by atoms with E-state index in [-0.39, 0.29) is 30.9 Å². The first-order valence-electron chi connectivity index (χ1n) is 12.4. The molecule has 0 bridgehead atoms. The summed E-state index contributed by atoms with van der Waals surface area (Å²) in [6, 6.07) is 14.7. The highest BCUT2D eigenvalue weighted by Gasteiger charge is 2.54. The minimum atomic E-state index is -1.01. The topological polar surface area (TPSA) is 92.1 Å². The summed E-state index contributed by atoms with van der Waals surface area (Å²) in [6.07, 6.45) is 2.26. The SMILES string of the molecule is Cc1ccc(C(=O)N2[C@@H](C(=O)NCc3ccco3)COC23CCN(C(=O)c2ccc(Cl)c(Cl)c2)CC3)cc1. The van der Waals surface area contributed by atoms with Gasteiger partial charge in [-0.2, -0.15) is 0 Å². The molecule has 38 heavy (non-hydrogen) atoms. The Morgan fingerprint density at radius 3 is 2.34 bits per heavy atom. The smallest absolute Gasteiger partial charge is 0.256 e. The molecule has 2 saturated heterocycles. The van der Waals surface area contributed by atoms with Crippen molar-refractivity contribution < 1.29 is 23.5 Å². The van der Waals surface area contributed by atoms with Gasteiger partial charge in [0.2, 0.25) is 5.91 Å². The number of hydrogen-bond acceptors (Lipinski definition) is 5. The third-order valence-corrected chi connectivity index (χ3v) is 7.84. The van der Waals surface area contributed by atoms with Crippen LogP contribution in [0.5, 0.6) is 0 Å². The summed E-state index contributed by atoms with van der Waals surface area (Å²) < 4.78 is 11.6. The second-order valence-electron chi connectivity index (χ2n) is 9.53. The number of rotatable bonds is 5. The Morgan fingerprint density at radius 1 is 0.974 bits per heavy atom. The number of halogens is 2. The lowest BCUT2D eigenvalue weighted by molar-refractivity contribution is -0.128. The number of carbonyl (C=O) groups excluding carboxylic acids is 3. The van der Waals surface area contributed by atoms with Crippen molar-refractivity contribution in [2.24, 2.45) is 0 Å². The van der Waals surface area contributed by atoms with Gasteiger partial charge in [0.15, 0.2) is 0 Å². The number of ether oxygens (including phenoxy) is 1. The van der Waals surface area contributed by atoms with Crippen molar-refractivity contribution in [2.45, 2.75) is 38.1 Å². The highest BCUT2D eigenvalue weighted by atomic mass is 35.5. The van der Waals surface area contributed by atoms with Crippen molar-refractivity contribution in [1.82, 2.24) is 15.1 Å². The van der Waals surface area contributed by atoms with E-state index in [1.54, 1.807) is 52.3 Å². The summed E-state index contributed by atoms with van der Waals surface area (Å²) in [6.45, 7) is 2.89. The molecule has 198 valence electrons. The monoisotopic (exact) mass is 555 g/mol. The fraction of sp³-hybridized carbons (Fsp3) is 0.321. The molecule has 2 aliphatic rings. The van der Waals surface area contributed by atoms with Crippen LogP contribution < -0.4 is 5.32 Å². The van der Waals surface area contributed by atoms with E-state index in [4.69, 9.17) is 32.4 Å². The molecule has 0 unspecified atom stereocenters. The fourth-order valence-corrected chi connectivity index (χ4v) is 5.28. The molecule has 0 saturated carbocycles. The predicted molar refractivity (Wildman–Crippen MR) is 142 cm³/mol. The van der Waals surface area contributed by atoms with Crippen molar-refractivity contribution in [2.75, 3.05) is 19.7 Å². The van der Waals surface area contributed by atoms with E-state index in [0.29, 0.717) is 52.9 Å². The summed E-state index contributed by atoms with van der Waals surface area (Å²) >= 11 is 12.1. The number of likely N-dealkylation sites (tertiary alicyclic amines) is 1. The van der Waals surface area contributed by atoms with Crippen LogP contribution in [0.15, 0.2) is 65.3 Å². The Labute approximate surface area is 230 Å². The molecule has 1 spiro atoms. The molecule has 1 atom stereocenters. The van der Waals surface area contributed by atoms with Crippen LogP contribution in [0.2, 0.25) is 10.0 Å². The Balaban J connectivity index is 1.36. The van der Waals surface area contributed by atoms with E-state index < -0.39 is 11.8 Å². The Morgan fingerprint density at radius 2 is 1.68 bits per heavy atom. The molecule has 3 aromatic rings. The van der Waals surface area contributed by atoms with Crippen LogP contribution in [0.4, 0.5) is 0 Å². The number of nitrogens with one attached hydrogen (secondary N) is 1. The Kier molecular flexibility index (Phi) is 7.47. The van der Waals surface area contributed by atoms with Crippen LogP contribution in [0.1, 0.15) is 44.9 Å². The largest absolute Gasteiger partial charge is 0.467 e. The van der Waals surface area contributed by atoms with Gasteiger partial charge in [-0.3, -0.25) is 19.3 Å². The number of furan rings is 1. The van der Waals surface area contributed by atoms with Crippen molar-refractivity contribution in [1.29, 1.82) is 0 Å². The molecule has 2 fully saturated rings. The first kappa shape index (κ1) is 26.3. The van der Waals surface area contributed by atoms with Crippen molar-refractivity contribution in [3.63, 3.8) is 0 Å². The van der Waals surface area contributed by atoms with Gasteiger partial charge < -0.3 is 19.4 Å². The van der Waals surface area contributed by atoms with E-state index in [2.05, 4.69) is 5.32 Å². The first-order chi connectivity index (χ1) is 18.3. The average Bonchev–Trinajstić information content (AvgIpc) is 3.57. The molecule has 1 aromatic heterocycles. The molecule has 5 rings (SSSR count). The highest BCUT2D eigenvalue weighted by molar-refractivity contribution is 6.42. The number of carbonyl (C=O) groups is 3. The van der Waals surface area contributed by atoms with E-state index in [0.717, 1.165) is 5.56 Å². The number of amides is 3. The van der Waals surface area contributed by atoms with Gasteiger partial charge in [-0.15, -0.1) is 0 Å². The van der Waals surface area contributed by atoms with Gasteiger partial charge in [0, 0.05) is 37.1 Å². The normalized spacial score (nSPS) is 18.6. The van der Waals surface area contributed by atoms with Crippen LogP contribution in [0.3, 0.4) is 0 Å². The van der Waals surface area contributed by atoms with Gasteiger partial charge in [0.05, 0.1) is 29.5 Å². The third-order valence-electron chi connectivity index (χ3n) is 7.10. The number of aryl methyl sites for hydroxylation is 1. The maximum Gasteiger partial charge on any atom is 0.256 e. The average molecular weight is 556 g/mol. The lowest BCUT2D eigenvalue weighted by Crippen LogP contribution is -2.59. The van der Waals surface area contributed by atoms with Gasteiger partial charge in [0.1, 0.15) is 17.5 Å². The van der Waals surface area contributed by atoms with Crippen molar-refractivity contribution in [3.05, 3.63) is 93.4 Å². The van der Waals surface area contributed by atoms with Crippen molar-refractivity contribution >= 4 is 40.9 Å². The molecule has 8 nitrogen and oxygen atoms in total. The van der Waals surface area contributed by atoms with Crippen molar-refractivity contribution in [3.8, 4) is 0 Å². The molecule has 0 radical (unpaired) electrons. The Hall–Kier alpha value is -3.33. The number of piperidine rings is 1. The van der Waals surface area contributed by atoms with E-state index >= 15 is 0 Å². The molecule has 0 aliphatic carbocycles. The zero-order valence-electron chi connectivity index (χ0n) is 20.8. The second kappa shape index (κ2) is 10.8. The quantitative estimate of drug-likeness (QED) is 0.493. The zero-order chi connectivity index (χ0) is 26.9. The number of hydrogen-bond donors (Lipinski definition) is 1. The number of benzene rings is 2. The van der Waals surface area contributed by atoms with Gasteiger partial charge in [-0.05, 0) is 49.4 Å². The van der Waals surface area contributed by atoms with Gasteiger partial charge >= 0.3 is 0 Å². The zero-order valence-corrected chi connectivity index (χ0v) is 22.3. The molecule has 2 aliphatic heterocycles. The highest BCUT2D eigenvalue weighted by Crippen LogP contribution is 2.39. The predicted octanol–water partition coefficient (Wildman–Crippen LogP) is 4.68. The lowest BCUT2D eigenvalue weighted by Gasteiger charge is -2.44. The maximum atomic E-state index is 13.8. The van der Waals surface area contributed by atoms with E-state index in [1.807, 2.05) is 19.1 Å². The van der Waals surface area contributed by atoms with Crippen LogP contribution in [-0.2, 0) is 16.1 Å². The minimum absolute atomic E-state index is 0.0579. The summed E-state index contributed by atoms with van der Waals surface area (Å²) in [5.74, 6) is -0.184. The molecular weight excluding hydrogens is 529 g/mol. The minimum Gasteiger partial charge on any atom is -0.467 e. The standard InChI is InChI=1S/C28H27Cl2N3O5/c1-18-4-6-19(7-5-18)27(36)33-24(25(34)31-16-21-3-2-14-37-21)17-38-28(33)10-12-32(13-11-28)26(35)20-8-9-22(29)23(30)15-20/h2-9,14-15,24H,10-13,16-17H2,1H3,(H,31,34)/t24-/m1/s1. The maximum absolute atomic E-state index is 13.8. The summed E-state index contributed by atoms with van der Waals surface area (Å²) in [5.41, 5.74) is 0.920. The van der Waals surface area contributed by atoms with Crippen LogP contribution in [0, 0.1) is 6.92 Å². The van der Waals surface area contributed by atoms with Crippen LogP contribution >= 0.6 is 23.2 Å². The van der Waals surface area contributed by atoms with E-state index in [1.165, 1.54) is 6.26 Å². The molecule has 2 aromatic carbocycles. The number of nitrogens with zero attached hydrogens (tertiary/aromatic N) is 2. The summed E-state index contributed by atoms with van der Waals surface area (Å²) in [7, 11) is 0. The molecule has 10 heteroatoms. The van der Waals surface area contributed by atoms with Gasteiger partial charge in [-0.25, -0.2) is 0 Å². The molecule has 3 heterocycles.